The lowest BCUT2D eigenvalue weighted by atomic mass is 10.1. The summed E-state index contributed by atoms with van der Waals surface area (Å²) in [5, 5.41) is 9.64. The molecule has 5 nitrogen and oxygen atoms in total. The van der Waals surface area contributed by atoms with Gasteiger partial charge in [-0.2, -0.15) is 5.10 Å². The number of hydrogen-bond donors (Lipinski definition) is 1. The van der Waals surface area contributed by atoms with E-state index in [4.69, 9.17) is 0 Å². The van der Waals surface area contributed by atoms with Crippen LogP contribution in [0.2, 0.25) is 0 Å². The Morgan fingerprint density at radius 2 is 2.17 bits per heavy atom. The van der Waals surface area contributed by atoms with Crippen LogP contribution < -0.4 is 5.32 Å². The van der Waals surface area contributed by atoms with Crippen molar-refractivity contribution in [2.75, 3.05) is 6.54 Å². The Balaban J connectivity index is 1.59. The largest absolute Gasteiger partial charge is 0.350 e. The quantitative estimate of drug-likeness (QED) is 0.784. The fourth-order valence-electron chi connectivity index (χ4n) is 2.33. The molecule has 6 heteroatoms. The smallest absolute Gasteiger partial charge is 0.270 e. The number of amides is 1. The van der Waals surface area contributed by atoms with Crippen molar-refractivity contribution in [1.29, 1.82) is 0 Å². The number of nitrogens with one attached hydrogen (secondary N) is 1. The summed E-state index contributed by atoms with van der Waals surface area (Å²) in [6.45, 7) is 2.68. The zero-order chi connectivity index (χ0) is 16.2. The molecule has 0 saturated carbocycles. The Morgan fingerprint density at radius 1 is 1.35 bits per heavy atom. The molecule has 1 N–H and O–H groups in total. The van der Waals surface area contributed by atoms with Gasteiger partial charge in [-0.15, -0.1) is 11.3 Å². The van der Waals surface area contributed by atoms with Crippen molar-refractivity contribution in [2.24, 2.45) is 7.05 Å². The Morgan fingerprint density at radius 3 is 2.91 bits per heavy atom. The molecule has 0 radical (unpaired) electrons. The molecule has 0 fully saturated rings. The van der Waals surface area contributed by atoms with Crippen LogP contribution in [0.1, 0.15) is 21.6 Å². The van der Waals surface area contributed by atoms with Crippen LogP contribution in [0.3, 0.4) is 0 Å². The van der Waals surface area contributed by atoms with Crippen molar-refractivity contribution in [3.63, 3.8) is 0 Å². The van der Waals surface area contributed by atoms with E-state index in [2.05, 4.69) is 34.5 Å². The molecule has 3 aromatic rings. The highest BCUT2D eigenvalue weighted by atomic mass is 32.1. The van der Waals surface area contributed by atoms with Gasteiger partial charge in [0.2, 0.25) is 0 Å². The minimum absolute atomic E-state index is 0.134. The molecule has 0 bridgehead atoms. The lowest BCUT2D eigenvalue weighted by Gasteiger charge is -2.06. The summed E-state index contributed by atoms with van der Waals surface area (Å²) in [4.78, 5) is 16.6. The molecule has 23 heavy (non-hydrogen) atoms. The second-order valence-electron chi connectivity index (χ2n) is 5.37. The number of rotatable bonds is 5. The standard InChI is InChI=1S/C17H18N4OS/c1-12-5-3-4-6-13(12)7-8-18-16(22)15-11-23-17(20-15)14-9-19-21(2)10-14/h3-6,9-11H,7-8H2,1-2H3,(H,18,22). The lowest BCUT2D eigenvalue weighted by Crippen LogP contribution is -2.26. The molecule has 0 atom stereocenters. The molecule has 0 aliphatic carbocycles. The van der Waals surface area contributed by atoms with Gasteiger partial charge in [0.25, 0.3) is 5.91 Å². The number of hydrogen-bond acceptors (Lipinski definition) is 4. The highest BCUT2D eigenvalue weighted by Crippen LogP contribution is 2.22. The molecule has 2 aromatic heterocycles. The second kappa shape index (κ2) is 6.75. The van der Waals surface area contributed by atoms with Gasteiger partial charge in [-0.05, 0) is 24.5 Å². The Bertz CT molecular complexity index is 821. The maximum absolute atomic E-state index is 12.2. The number of aryl methyl sites for hydroxylation is 2. The predicted octanol–water partition coefficient (Wildman–Crippen LogP) is 2.82. The molecule has 0 saturated heterocycles. The SMILES string of the molecule is Cc1ccccc1CCNC(=O)c1csc(-c2cnn(C)c2)n1. The molecular weight excluding hydrogens is 308 g/mol. The van der Waals surface area contributed by atoms with Gasteiger partial charge in [0.15, 0.2) is 0 Å². The normalized spacial score (nSPS) is 10.7. The summed E-state index contributed by atoms with van der Waals surface area (Å²) >= 11 is 1.45. The topological polar surface area (TPSA) is 59.8 Å². The van der Waals surface area contributed by atoms with Crippen LogP contribution in [-0.2, 0) is 13.5 Å². The predicted molar refractivity (Wildman–Crippen MR) is 91.5 cm³/mol. The van der Waals surface area contributed by atoms with Crippen LogP contribution in [0, 0.1) is 6.92 Å². The third-order valence-electron chi connectivity index (χ3n) is 3.63. The molecule has 0 spiro atoms. The zero-order valence-corrected chi connectivity index (χ0v) is 13.9. The fraction of sp³-hybridized carbons (Fsp3) is 0.235. The summed E-state index contributed by atoms with van der Waals surface area (Å²) in [5.41, 5.74) is 3.88. The summed E-state index contributed by atoms with van der Waals surface area (Å²) < 4.78 is 1.72. The third kappa shape index (κ3) is 3.65. The molecule has 0 aliphatic heterocycles. The number of nitrogens with zero attached hydrogens (tertiary/aromatic N) is 3. The van der Waals surface area contributed by atoms with Crippen LogP contribution in [0.15, 0.2) is 42.0 Å². The van der Waals surface area contributed by atoms with E-state index in [-0.39, 0.29) is 5.91 Å². The van der Waals surface area contributed by atoms with Gasteiger partial charge in [-0.3, -0.25) is 9.48 Å². The second-order valence-corrected chi connectivity index (χ2v) is 6.23. The summed E-state index contributed by atoms with van der Waals surface area (Å²) in [7, 11) is 1.86. The average molecular weight is 326 g/mol. The maximum Gasteiger partial charge on any atom is 0.270 e. The van der Waals surface area contributed by atoms with Crippen LogP contribution in [0.25, 0.3) is 10.6 Å². The number of carbonyl (C=O) groups excluding carboxylic acids is 1. The van der Waals surface area contributed by atoms with Crippen LogP contribution in [-0.4, -0.2) is 27.2 Å². The Labute approximate surface area is 139 Å². The molecule has 1 aromatic carbocycles. The van der Waals surface area contributed by atoms with E-state index in [1.165, 1.54) is 22.5 Å². The zero-order valence-electron chi connectivity index (χ0n) is 13.1. The van der Waals surface area contributed by atoms with Gasteiger partial charge in [0.05, 0.1) is 6.20 Å². The molecule has 0 unspecified atom stereocenters. The third-order valence-corrected chi connectivity index (χ3v) is 4.52. The van der Waals surface area contributed by atoms with E-state index in [1.54, 1.807) is 16.3 Å². The summed E-state index contributed by atoms with van der Waals surface area (Å²) in [6.07, 6.45) is 4.45. The van der Waals surface area contributed by atoms with E-state index >= 15 is 0 Å². The van der Waals surface area contributed by atoms with Crippen molar-refractivity contribution >= 4 is 17.2 Å². The Kier molecular flexibility index (Phi) is 4.52. The van der Waals surface area contributed by atoms with Gasteiger partial charge in [-0.25, -0.2) is 4.98 Å². The lowest BCUT2D eigenvalue weighted by molar-refractivity contribution is 0.0950. The molecular formula is C17H18N4OS. The molecule has 1 amide bonds. The van der Waals surface area contributed by atoms with Crippen molar-refractivity contribution in [3.8, 4) is 10.6 Å². The monoisotopic (exact) mass is 326 g/mol. The average Bonchev–Trinajstić information content (AvgIpc) is 3.18. The minimum Gasteiger partial charge on any atom is -0.350 e. The van der Waals surface area contributed by atoms with Gasteiger partial charge >= 0.3 is 0 Å². The highest BCUT2D eigenvalue weighted by Gasteiger charge is 2.12. The maximum atomic E-state index is 12.2. The van der Waals surface area contributed by atoms with E-state index in [0.717, 1.165) is 17.0 Å². The number of carbonyl (C=O) groups is 1. The first kappa shape index (κ1) is 15.4. The van der Waals surface area contributed by atoms with Gasteiger partial charge in [0, 0.05) is 30.7 Å². The first-order chi connectivity index (χ1) is 11.1. The molecule has 118 valence electrons. The molecule has 0 aliphatic rings. The van der Waals surface area contributed by atoms with Crippen molar-refractivity contribution < 1.29 is 4.79 Å². The first-order valence-electron chi connectivity index (χ1n) is 7.41. The van der Waals surface area contributed by atoms with Crippen molar-refractivity contribution in [2.45, 2.75) is 13.3 Å². The van der Waals surface area contributed by atoms with Crippen LogP contribution in [0.5, 0.6) is 0 Å². The number of thiazole rings is 1. The minimum atomic E-state index is -0.134. The van der Waals surface area contributed by atoms with Gasteiger partial charge < -0.3 is 5.32 Å². The van der Waals surface area contributed by atoms with Crippen LogP contribution in [0.4, 0.5) is 0 Å². The number of benzene rings is 1. The summed E-state index contributed by atoms with van der Waals surface area (Å²) in [5.74, 6) is -0.134. The Hall–Kier alpha value is -2.47. The van der Waals surface area contributed by atoms with Crippen molar-refractivity contribution in [3.05, 3.63) is 58.9 Å². The first-order valence-corrected chi connectivity index (χ1v) is 8.28. The van der Waals surface area contributed by atoms with Crippen LogP contribution >= 0.6 is 11.3 Å². The van der Waals surface area contributed by atoms with E-state index < -0.39 is 0 Å². The van der Waals surface area contributed by atoms with E-state index in [0.29, 0.717) is 12.2 Å². The summed E-state index contributed by atoms with van der Waals surface area (Å²) in [6, 6.07) is 8.21. The van der Waals surface area contributed by atoms with E-state index in [1.807, 2.05) is 25.4 Å². The highest BCUT2D eigenvalue weighted by molar-refractivity contribution is 7.13. The molecule has 3 rings (SSSR count). The van der Waals surface area contributed by atoms with E-state index in [9.17, 15) is 4.79 Å². The van der Waals surface area contributed by atoms with Gasteiger partial charge in [-0.1, -0.05) is 24.3 Å². The fourth-order valence-corrected chi connectivity index (χ4v) is 3.11. The number of aromatic nitrogens is 3. The molecule has 2 heterocycles. The van der Waals surface area contributed by atoms with Crippen molar-refractivity contribution in [1.82, 2.24) is 20.1 Å². The van der Waals surface area contributed by atoms with Gasteiger partial charge in [0.1, 0.15) is 10.7 Å².